The monoisotopic (exact) mass is 344 g/mol. The van der Waals surface area contributed by atoms with Crippen LogP contribution < -0.4 is 5.32 Å². The first-order chi connectivity index (χ1) is 9.93. The van der Waals surface area contributed by atoms with E-state index in [1.54, 1.807) is 30.6 Å². The van der Waals surface area contributed by atoms with Gasteiger partial charge in [0.15, 0.2) is 0 Å². The van der Waals surface area contributed by atoms with Crippen LogP contribution in [0, 0.1) is 0 Å². The molecule has 4 nitrogen and oxygen atoms in total. The minimum absolute atomic E-state index is 0.292. The molecule has 0 spiro atoms. The zero-order chi connectivity index (χ0) is 15.5. The maximum absolute atomic E-state index is 12.5. The van der Waals surface area contributed by atoms with Crippen molar-refractivity contribution in [3.63, 3.8) is 0 Å². The molecule has 2 rings (SSSR count). The highest BCUT2D eigenvalue weighted by molar-refractivity contribution is 7.89. The Morgan fingerprint density at radius 1 is 1.33 bits per heavy atom. The van der Waals surface area contributed by atoms with Crippen LogP contribution in [-0.2, 0) is 23.1 Å². The van der Waals surface area contributed by atoms with Crippen molar-refractivity contribution in [2.24, 2.45) is 0 Å². The summed E-state index contributed by atoms with van der Waals surface area (Å²) in [5.74, 6) is 0. The lowest BCUT2D eigenvalue weighted by Gasteiger charge is -2.16. The lowest BCUT2D eigenvalue weighted by molar-refractivity contribution is 0.467. The van der Waals surface area contributed by atoms with E-state index < -0.39 is 10.0 Å². The first-order valence-corrected chi connectivity index (χ1v) is 9.06. The Kier molecular flexibility index (Phi) is 5.40. The Labute approximate surface area is 134 Å². The summed E-state index contributed by atoms with van der Waals surface area (Å²) in [5.41, 5.74) is 0.860. The minimum Gasteiger partial charge on any atom is -0.315 e. The van der Waals surface area contributed by atoms with Crippen molar-refractivity contribution >= 4 is 33.0 Å². The summed E-state index contributed by atoms with van der Waals surface area (Å²) in [6.45, 7) is 0.957. The van der Waals surface area contributed by atoms with Gasteiger partial charge in [0.1, 0.15) is 0 Å². The zero-order valence-corrected chi connectivity index (χ0v) is 14.2. The number of sulfonamides is 1. The number of hydrogen-bond donors (Lipinski definition) is 1. The highest BCUT2D eigenvalue weighted by Gasteiger charge is 2.22. The normalized spacial score (nSPS) is 12.0. The molecule has 1 aromatic carbocycles. The van der Waals surface area contributed by atoms with Crippen molar-refractivity contribution in [1.29, 1.82) is 0 Å². The van der Waals surface area contributed by atoms with Crippen LogP contribution in [0.4, 0.5) is 0 Å². The Morgan fingerprint density at radius 3 is 2.76 bits per heavy atom. The molecule has 0 atom stereocenters. The molecule has 1 aromatic heterocycles. The fourth-order valence-corrected chi connectivity index (χ4v) is 4.57. The number of thiophene rings is 1. The molecular weight excluding hydrogens is 328 g/mol. The van der Waals surface area contributed by atoms with E-state index in [2.05, 4.69) is 5.32 Å². The fraction of sp³-hybridized carbons (Fsp3) is 0.286. The van der Waals surface area contributed by atoms with Crippen molar-refractivity contribution < 1.29 is 8.42 Å². The van der Waals surface area contributed by atoms with E-state index in [0.717, 1.165) is 10.4 Å². The van der Waals surface area contributed by atoms with Crippen molar-refractivity contribution in [2.45, 2.75) is 18.0 Å². The van der Waals surface area contributed by atoms with Gasteiger partial charge in [-0.25, -0.2) is 8.42 Å². The standard InChI is InChI=1S/C14H17ClN2O2S2/c1-16-8-13-7-14(10-20-13)21(18,19)17(2)9-11-4-3-5-12(15)6-11/h3-7,10,16H,8-9H2,1-2H3. The van der Waals surface area contributed by atoms with Crippen LogP contribution >= 0.6 is 22.9 Å². The molecule has 114 valence electrons. The predicted molar refractivity (Wildman–Crippen MR) is 87.2 cm³/mol. The van der Waals surface area contributed by atoms with Gasteiger partial charge >= 0.3 is 0 Å². The summed E-state index contributed by atoms with van der Waals surface area (Å²) in [6.07, 6.45) is 0. The molecule has 1 heterocycles. The number of rotatable bonds is 6. The summed E-state index contributed by atoms with van der Waals surface area (Å²) >= 11 is 7.36. The van der Waals surface area contributed by atoms with Gasteiger partial charge in [-0.2, -0.15) is 4.31 Å². The topological polar surface area (TPSA) is 49.4 Å². The summed E-state index contributed by atoms with van der Waals surface area (Å²) < 4.78 is 26.4. The molecule has 0 saturated carbocycles. The lowest BCUT2D eigenvalue weighted by atomic mass is 10.2. The van der Waals surface area contributed by atoms with Gasteiger partial charge in [-0.3, -0.25) is 0 Å². The summed E-state index contributed by atoms with van der Waals surface area (Å²) in [5, 5.41) is 5.29. The van der Waals surface area contributed by atoms with Crippen molar-refractivity contribution in [2.75, 3.05) is 14.1 Å². The zero-order valence-electron chi connectivity index (χ0n) is 11.8. The summed E-state index contributed by atoms with van der Waals surface area (Å²) in [4.78, 5) is 1.33. The SMILES string of the molecule is CNCc1cc(S(=O)(=O)N(C)Cc2cccc(Cl)c2)cs1. The molecule has 0 aliphatic rings. The molecular formula is C14H17ClN2O2S2. The van der Waals surface area contributed by atoms with Gasteiger partial charge in [0.05, 0.1) is 4.90 Å². The largest absolute Gasteiger partial charge is 0.315 e. The van der Waals surface area contributed by atoms with E-state index >= 15 is 0 Å². The van der Waals surface area contributed by atoms with Crippen LogP contribution in [0.3, 0.4) is 0 Å². The summed E-state index contributed by atoms with van der Waals surface area (Å²) in [6, 6.07) is 8.92. The van der Waals surface area contributed by atoms with E-state index in [-0.39, 0.29) is 0 Å². The maximum atomic E-state index is 12.5. The van der Waals surface area contributed by atoms with Crippen LogP contribution in [0.1, 0.15) is 10.4 Å². The van der Waals surface area contributed by atoms with Crippen molar-refractivity contribution in [1.82, 2.24) is 9.62 Å². The molecule has 0 amide bonds. The third-order valence-electron chi connectivity index (χ3n) is 2.98. The molecule has 0 fully saturated rings. The van der Waals surface area contributed by atoms with E-state index in [4.69, 9.17) is 11.6 Å². The van der Waals surface area contributed by atoms with Crippen LogP contribution in [0.15, 0.2) is 40.6 Å². The van der Waals surface area contributed by atoms with Crippen LogP contribution in [-0.4, -0.2) is 26.8 Å². The van der Waals surface area contributed by atoms with E-state index in [9.17, 15) is 8.42 Å². The second-order valence-electron chi connectivity index (χ2n) is 4.67. The Bertz CT molecular complexity index is 713. The van der Waals surface area contributed by atoms with Gasteiger partial charge < -0.3 is 5.32 Å². The molecule has 0 aliphatic heterocycles. The van der Waals surface area contributed by atoms with Crippen LogP contribution in [0.2, 0.25) is 5.02 Å². The molecule has 0 radical (unpaired) electrons. The summed E-state index contributed by atoms with van der Waals surface area (Å²) in [7, 11) is -0.0671. The average Bonchev–Trinajstić information content (AvgIpc) is 2.88. The van der Waals surface area contributed by atoms with E-state index in [1.807, 2.05) is 19.2 Å². The Morgan fingerprint density at radius 2 is 2.10 bits per heavy atom. The highest BCUT2D eigenvalue weighted by Crippen LogP contribution is 2.23. The molecule has 0 bridgehead atoms. The number of hydrogen-bond acceptors (Lipinski definition) is 4. The predicted octanol–water partition coefficient (Wildman–Crippen LogP) is 2.94. The molecule has 0 aliphatic carbocycles. The smallest absolute Gasteiger partial charge is 0.243 e. The van der Waals surface area contributed by atoms with E-state index in [0.29, 0.717) is 23.0 Å². The van der Waals surface area contributed by atoms with Crippen molar-refractivity contribution in [3.8, 4) is 0 Å². The molecule has 1 N–H and O–H groups in total. The quantitative estimate of drug-likeness (QED) is 0.876. The number of halogens is 1. The molecule has 21 heavy (non-hydrogen) atoms. The van der Waals surface area contributed by atoms with Gasteiger partial charge in [-0.1, -0.05) is 23.7 Å². The second kappa shape index (κ2) is 6.89. The van der Waals surface area contributed by atoms with Crippen molar-refractivity contribution in [3.05, 3.63) is 51.2 Å². The van der Waals surface area contributed by atoms with Crippen LogP contribution in [0.25, 0.3) is 0 Å². The molecule has 2 aromatic rings. The molecule has 0 saturated heterocycles. The lowest BCUT2D eigenvalue weighted by Crippen LogP contribution is -2.26. The Balaban J connectivity index is 2.17. The Hall–Kier alpha value is -0.920. The first kappa shape index (κ1) is 16.5. The molecule has 7 heteroatoms. The van der Waals surface area contributed by atoms with Gasteiger partial charge in [0, 0.05) is 35.4 Å². The van der Waals surface area contributed by atoms with Crippen LogP contribution in [0.5, 0.6) is 0 Å². The highest BCUT2D eigenvalue weighted by atomic mass is 35.5. The minimum atomic E-state index is -3.47. The van der Waals surface area contributed by atoms with Gasteiger partial charge in [-0.15, -0.1) is 11.3 Å². The van der Waals surface area contributed by atoms with Gasteiger partial charge in [0.2, 0.25) is 10.0 Å². The van der Waals surface area contributed by atoms with Gasteiger partial charge in [-0.05, 0) is 30.8 Å². The molecule has 0 unspecified atom stereocenters. The number of benzene rings is 1. The maximum Gasteiger partial charge on any atom is 0.243 e. The number of nitrogens with one attached hydrogen (secondary N) is 1. The van der Waals surface area contributed by atoms with Gasteiger partial charge in [0.25, 0.3) is 0 Å². The third kappa shape index (κ3) is 4.05. The third-order valence-corrected chi connectivity index (χ3v) is 6.09. The average molecular weight is 345 g/mol. The second-order valence-corrected chi connectivity index (χ2v) is 8.15. The first-order valence-electron chi connectivity index (χ1n) is 6.36. The van der Waals surface area contributed by atoms with E-state index in [1.165, 1.54) is 15.6 Å². The number of nitrogens with zero attached hydrogens (tertiary/aromatic N) is 1. The fourth-order valence-electron chi connectivity index (χ4n) is 1.92.